The summed E-state index contributed by atoms with van der Waals surface area (Å²) in [7, 11) is 1.72. The number of methoxy groups -OCH3 is 1. The lowest BCUT2D eigenvalue weighted by atomic mass is 10.1. The van der Waals surface area contributed by atoms with E-state index >= 15 is 0 Å². The highest BCUT2D eigenvalue weighted by atomic mass is 16.5. The Hall–Kier alpha value is -2.00. The smallest absolute Gasteiger partial charge is 0.122 e. The molecule has 1 aliphatic rings. The summed E-state index contributed by atoms with van der Waals surface area (Å²) in [6.45, 7) is 2.28. The normalized spacial score (nSPS) is 12.8. The van der Waals surface area contributed by atoms with Gasteiger partial charge in [0, 0.05) is 25.8 Å². The predicted octanol–water partition coefficient (Wildman–Crippen LogP) is 3.38. The topological polar surface area (TPSA) is 30.5 Å². The lowest BCUT2D eigenvalue weighted by Crippen LogP contribution is -2.00. The Balaban J connectivity index is 1.65. The summed E-state index contributed by atoms with van der Waals surface area (Å²) in [5.41, 5.74) is 4.90. The van der Waals surface area contributed by atoms with Crippen LogP contribution in [0.3, 0.4) is 0 Å². The van der Waals surface area contributed by atoms with Gasteiger partial charge in [-0.3, -0.25) is 0 Å². The first-order valence-corrected chi connectivity index (χ1v) is 6.91. The summed E-state index contributed by atoms with van der Waals surface area (Å²) >= 11 is 0. The minimum absolute atomic E-state index is 0.657. The van der Waals surface area contributed by atoms with Crippen molar-refractivity contribution in [3.63, 3.8) is 0 Å². The number of benzene rings is 2. The molecule has 0 saturated heterocycles. The average Bonchev–Trinajstić information content (AvgIpc) is 2.93. The van der Waals surface area contributed by atoms with Crippen molar-refractivity contribution in [1.82, 2.24) is 0 Å². The summed E-state index contributed by atoms with van der Waals surface area (Å²) in [5.74, 6) is 1.03. The van der Waals surface area contributed by atoms with Gasteiger partial charge in [0.05, 0.1) is 13.2 Å². The van der Waals surface area contributed by atoms with E-state index in [1.165, 1.54) is 16.7 Å². The van der Waals surface area contributed by atoms with Crippen LogP contribution in [-0.2, 0) is 24.3 Å². The molecule has 0 atom stereocenters. The molecule has 3 rings (SSSR count). The number of ether oxygens (including phenoxy) is 2. The van der Waals surface area contributed by atoms with Crippen molar-refractivity contribution in [2.24, 2.45) is 0 Å². The van der Waals surface area contributed by atoms with Crippen LogP contribution in [0.5, 0.6) is 5.75 Å². The first-order chi connectivity index (χ1) is 9.85. The molecule has 20 heavy (non-hydrogen) atoms. The molecule has 3 nitrogen and oxygen atoms in total. The molecule has 104 valence electrons. The Morgan fingerprint density at radius 3 is 2.95 bits per heavy atom. The van der Waals surface area contributed by atoms with Crippen LogP contribution in [0.2, 0.25) is 0 Å². The molecule has 2 aromatic carbocycles. The van der Waals surface area contributed by atoms with Gasteiger partial charge in [-0.05, 0) is 34.9 Å². The molecule has 0 aromatic heterocycles. The van der Waals surface area contributed by atoms with E-state index in [0.29, 0.717) is 6.61 Å². The van der Waals surface area contributed by atoms with Crippen LogP contribution in [0, 0.1) is 0 Å². The van der Waals surface area contributed by atoms with Gasteiger partial charge in [-0.15, -0.1) is 0 Å². The Labute approximate surface area is 119 Å². The first kappa shape index (κ1) is 13.0. The quantitative estimate of drug-likeness (QED) is 0.902. The van der Waals surface area contributed by atoms with E-state index in [-0.39, 0.29) is 0 Å². The molecule has 1 N–H and O–H groups in total. The largest absolute Gasteiger partial charge is 0.493 e. The Kier molecular flexibility index (Phi) is 3.88. The molecular formula is C17H19NO2. The van der Waals surface area contributed by atoms with Gasteiger partial charge in [0.2, 0.25) is 0 Å². The van der Waals surface area contributed by atoms with E-state index in [4.69, 9.17) is 9.47 Å². The molecule has 0 radical (unpaired) electrons. The van der Waals surface area contributed by atoms with Crippen LogP contribution in [0.4, 0.5) is 5.69 Å². The molecule has 3 heteroatoms. The Morgan fingerprint density at radius 1 is 1.15 bits per heavy atom. The second kappa shape index (κ2) is 5.97. The maximum Gasteiger partial charge on any atom is 0.122 e. The van der Waals surface area contributed by atoms with Gasteiger partial charge in [0.15, 0.2) is 0 Å². The minimum atomic E-state index is 0.657. The van der Waals surface area contributed by atoms with E-state index in [9.17, 15) is 0 Å². The number of nitrogens with one attached hydrogen (secondary N) is 1. The fourth-order valence-corrected chi connectivity index (χ4v) is 2.50. The zero-order valence-corrected chi connectivity index (χ0v) is 11.7. The summed E-state index contributed by atoms with van der Waals surface area (Å²) in [4.78, 5) is 0. The lowest BCUT2D eigenvalue weighted by Gasteiger charge is -2.09. The third-order valence-corrected chi connectivity index (χ3v) is 3.49. The highest BCUT2D eigenvalue weighted by Crippen LogP contribution is 2.28. The molecule has 0 spiro atoms. The zero-order valence-electron chi connectivity index (χ0n) is 11.7. The number of rotatable bonds is 5. The van der Waals surface area contributed by atoms with Crippen LogP contribution < -0.4 is 10.1 Å². The fourth-order valence-electron chi connectivity index (χ4n) is 2.50. The van der Waals surface area contributed by atoms with Crippen molar-refractivity contribution in [2.75, 3.05) is 19.0 Å². The number of anilines is 1. The highest BCUT2D eigenvalue weighted by Gasteiger charge is 2.11. The maximum absolute atomic E-state index is 5.52. The van der Waals surface area contributed by atoms with Crippen molar-refractivity contribution in [3.05, 3.63) is 59.2 Å². The SMILES string of the molecule is COCc1cccc(CNc2ccc3c(c2)CCO3)c1. The Morgan fingerprint density at radius 2 is 2.05 bits per heavy atom. The molecule has 2 aromatic rings. The van der Waals surface area contributed by atoms with E-state index in [1.54, 1.807) is 7.11 Å². The van der Waals surface area contributed by atoms with Gasteiger partial charge in [0.1, 0.15) is 5.75 Å². The van der Waals surface area contributed by atoms with Crippen LogP contribution in [0.15, 0.2) is 42.5 Å². The van der Waals surface area contributed by atoms with Crippen molar-refractivity contribution in [1.29, 1.82) is 0 Å². The highest BCUT2D eigenvalue weighted by molar-refractivity contribution is 5.52. The molecule has 0 bridgehead atoms. The van der Waals surface area contributed by atoms with E-state index in [0.717, 1.165) is 31.0 Å². The number of hydrogen-bond acceptors (Lipinski definition) is 3. The zero-order chi connectivity index (χ0) is 13.8. The monoisotopic (exact) mass is 269 g/mol. The van der Waals surface area contributed by atoms with Crippen LogP contribution in [-0.4, -0.2) is 13.7 Å². The standard InChI is InChI=1S/C17H19NO2/c1-19-12-14-4-2-3-13(9-14)11-18-16-5-6-17-15(10-16)7-8-20-17/h2-6,9-10,18H,7-8,11-12H2,1H3. The third kappa shape index (κ3) is 2.94. The third-order valence-electron chi connectivity index (χ3n) is 3.49. The van der Waals surface area contributed by atoms with E-state index in [2.05, 4.69) is 41.7 Å². The molecule has 1 heterocycles. The molecule has 1 aliphatic heterocycles. The fraction of sp³-hybridized carbons (Fsp3) is 0.294. The van der Waals surface area contributed by atoms with Gasteiger partial charge >= 0.3 is 0 Å². The second-order valence-electron chi connectivity index (χ2n) is 5.03. The van der Waals surface area contributed by atoms with Crippen LogP contribution in [0.25, 0.3) is 0 Å². The average molecular weight is 269 g/mol. The van der Waals surface area contributed by atoms with Gasteiger partial charge < -0.3 is 14.8 Å². The van der Waals surface area contributed by atoms with Crippen molar-refractivity contribution in [3.8, 4) is 5.75 Å². The van der Waals surface area contributed by atoms with Gasteiger partial charge in [0.25, 0.3) is 0 Å². The number of hydrogen-bond donors (Lipinski definition) is 1. The molecule has 0 fully saturated rings. The second-order valence-corrected chi connectivity index (χ2v) is 5.03. The molecular weight excluding hydrogens is 250 g/mol. The molecule has 0 unspecified atom stereocenters. The lowest BCUT2D eigenvalue weighted by molar-refractivity contribution is 0.185. The molecule has 0 aliphatic carbocycles. The van der Waals surface area contributed by atoms with Gasteiger partial charge in [-0.25, -0.2) is 0 Å². The summed E-state index contributed by atoms with van der Waals surface area (Å²) in [6.07, 6.45) is 1.01. The van der Waals surface area contributed by atoms with E-state index < -0.39 is 0 Å². The van der Waals surface area contributed by atoms with Gasteiger partial charge in [-0.1, -0.05) is 24.3 Å². The van der Waals surface area contributed by atoms with Crippen molar-refractivity contribution < 1.29 is 9.47 Å². The first-order valence-electron chi connectivity index (χ1n) is 6.91. The van der Waals surface area contributed by atoms with Crippen LogP contribution >= 0.6 is 0 Å². The minimum Gasteiger partial charge on any atom is -0.493 e. The van der Waals surface area contributed by atoms with Crippen LogP contribution in [0.1, 0.15) is 16.7 Å². The van der Waals surface area contributed by atoms with Crippen molar-refractivity contribution >= 4 is 5.69 Å². The van der Waals surface area contributed by atoms with Crippen molar-refractivity contribution in [2.45, 2.75) is 19.6 Å². The molecule has 0 saturated carbocycles. The Bertz CT molecular complexity index is 595. The van der Waals surface area contributed by atoms with E-state index in [1.807, 2.05) is 6.07 Å². The van der Waals surface area contributed by atoms with Gasteiger partial charge in [-0.2, -0.15) is 0 Å². The number of fused-ring (bicyclic) bond motifs is 1. The summed E-state index contributed by atoms with van der Waals surface area (Å²) in [5, 5.41) is 3.46. The summed E-state index contributed by atoms with van der Waals surface area (Å²) < 4.78 is 10.7. The maximum atomic E-state index is 5.52. The summed E-state index contributed by atoms with van der Waals surface area (Å²) in [6, 6.07) is 14.8. The predicted molar refractivity (Wildman–Crippen MR) is 80.1 cm³/mol. The molecule has 0 amide bonds.